The minimum absolute atomic E-state index is 0.0501. The number of imide groups is 1. The second kappa shape index (κ2) is 6.11. The molecule has 2 heterocycles. The van der Waals surface area contributed by atoms with Gasteiger partial charge in [-0.05, 0) is 37.1 Å². The Hall–Kier alpha value is -3.48. The van der Waals surface area contributed by atoms with Crippen LogP contribution in [0.4, 0.5) is 5.69 Å². The lowest BCUT2D eigenvalue weighted by Crippen LogP contribution is -2.30. The molecular weight excluding hydrogens is 334 g/mol. The minimum atomic E-state index is -0.422. The highest BCUT2D eigenvalue weighted by atomic mass is 16.6. The number of nitrogens with zero attached hydrogens (tertiary/aromatic N) is 2. The lowest BCUT2D eigenvalue weighted by Gasteiger charge is -2.13. The smallest absolute Gasteiger partial charge is 0.270 e. The van der Waals surface area contributed by atoms with E-state index in [1.807, 2.05) is 6.07 Å². The summed E-state index contributed by atoms with van der Waals surface area (Å²) in [7, 11) is 0. The van der Waals surface area contributed by atoms with Crippen LogP contribution in [0.1, 0.15) is 32.8 Å². The molecule has 0 spiro atoms. The zero-order valence-electron chi connectivity index (χ0n) is 13.8. The quantitative estimate of drug-likeness (QED) is 0.434. The Bertz CT molecular complexity index is 1020. The molecule has 0 saturated carbocycles. The second-order valence-corrected chi connectivity index (χ2v) is 6.23. The van der Waals surface area contributed by atoms with Crippen LogP contribution in [0.25, 0.3) is 10.9 Å². The molecule has 0 radical (unpaired) electrons. The van der Waals surface area contributed by atoms with Gasteiger partial charge in [-0.25, -0.2) is 0 Å². The van der Waals surface area contributed by atoms with Gasteiger partial charge in [0.15, 0.2) is 0 Å². The number of hydrogen-bond donors (Lipinski definition) is 1. The predicted molar refractivity (Wildman–Crippen MR) is 95.1 cm³/mol. The summed E-state index contributed by atoms with van der Waals surface area (Å²) in [4.78, 5) is 39.6. The fraction of sp³-hybridized carbons (Fsp3) is 0.158. The molecule has 7 nitrogen and oxygen atoms in total. The van der Waals surface area contributed by atoms with Crippen LogP contribution < -0.4 is 0 Å². The van der Waals surface area contributed by atoms with Crippen molar-refractivity contribution in [2.75, 3.05) is 6.54 Å². The first kappa shape index (κ1) is 16.0. The first-order valence-electron chi connectivity index (χ1n) is 8.26. The summed E-state index contributed by atoms with van der Waals surface area (Å²) >= 11 is 0. The fourth-order valence-electron chi connectivity index (χ4n) is 3.30. The topological polar surface area (TPSA) is 96.3 Å². The molecule has 0 bridgehead atoms. The number of nitro groups is 1. The maximum absolute atomic E-state index is 12.3. The second-order valence-electron chi connectivity index (χ2n) is 6.23. The van der Waals surface area contributed by atoms with E-state index in [4.69, 9.17) is 0 Å². The van der Waals surface area contributed by atoms with Crippen molar-refractivity contribution in [3.8, 4) is 0 Å². The van der Waals surface area contributed by atoms with Gasteiger partial charge in [-0.15, -0.1) is 0 Å². The number of hydrogen-bond acceptors (Lipinski definition) is 4. The highest BCUT2D eigenvalue weighted by Gasteiger charge is 2.34. The molecule has 3 aromatic rings. The number of nitrogens with one attached hydrogen (secondary N) is 1. The van der Waals surface area contributed by atoms with Gasteiger partial charge in [-0.1, -0.05) is 12.1 Å². The standard InChI is InChI=1S/C19H15N3O4/c23-18-15-5-1-2-6-16(15)19(24)21(18)9-3-4-13-10-12-11-14(22(25)26)7-8-17(12)20-13/h1-2,5-8,10-11,20H,3-4,9H2. The van der Waals surface area contributed by atoms with Crippen molar-refractivity contribution in [3.05, 3.63) is 75.5 Å². The number of carbonyl (C=O) groups is 2. The van der Waals surface area contributed by atoms with E-state index in [-0.39, 0.29) is 17.5 Å². The van der Waals surface area contributed by atoms with Crippen LogP contribution in [0.5, 0.6) is 0 Å². The van der Waals surface area contributed by atoms with Crippen LogP contribution >= 0.6 is 0 Å². The molecule has 0 aliphatic carbocycles. The van der Waals surface area contributed by atoms with Crippen molar-refractivity contribution in [1.29, 1.82) is 0 Å². The average Bonchev–Trinajstić information content (AvgIpc) is 3.15. The van der Waals surface area contributed by atoms with Gasteiger partial charge >= 0.3 is 0 Å². The summed E-state index contributed by atoms with van der Waals surface area (Å²) in [5, 5.41) is 11.6. The van der Waals surface area contributed by atoms with Crippen LogP contribution in [0.2, 0.25) is 0 Å². The van der Waals surface area contributed by atoms with E-state index < -0.39 is 4.92 Å². The Morgan fingerprint density at radius 3 is 2.35 bits per heavy atom. The van der Waals surface area contributed by atoms with Crippen molar-refractivity contribution in [2.45, 2.75) is 12.8 Å². The third kappa shape index (κ3) is 2.63. The molecule has 1 aliphatic rings. The molecule has 0 unspecified atom stereocenters. The van der Waals surface area contributed by atoms with Gasteiger partial charge in [0, 0.05) is 35.3 Å². The molecule has 0 fully saturated rings. The van der Waals surface area contributed by atoms with Crippen molar-refractivity contribution < 1.29 is 14.5 Å². The zero-order chi connectivity index (χ0) is 18.3. The Balaban J connectivity index is 1.44. The molecule has 1 aromatic heterocycles. The first-order valence-corrected chi connectivity index (χ1v) is 8.26. The average molecular weight is 349 g/mol. The summed E-state index contributed by atoms with van der Waals surface area (Å²) in [6.45, 7) is 0.335. The van der Waals surface area contributed by atoms with E-state index >= 15 is 0 Å². The SMILES string of the molecule is O=C1c2ccccc2C(=O)N1CCCc1cc2cc([N+](=O)[O-])ccc2[nH]1. The molecule has 0 atom stereocenters. The number of H-pyrrole nitrogens is 1. The Morgan fingerprint density at radius 2 is 1.69 bits per heavy atom. The van der Waals surface area contributed by atoms with Gasteiger partial charge in [0.2, 0.25) is 0 Å². The van der Waals surface area contributed by atoms with Crippen molar-refractivity contribution in [1.82, 2.24) is 9.88 Å². The zero-order valence-corrected chi connectivity index (χ0v) is 13.8. The number of rotatable bonds is 5. The number of aromatic nitrogens is 1. The highest BCUT2D eigenvalue weighted by Crippen LogP contribution is 2.24. The Kier molecular flexibility index (Phi) is 3.76. The van der Waals surface area contributed by atoms with Gasteiger partial charge < -0.3 is 4.98 Å². The molecule has 7 heteroatoms. The monoisotopic (exact) mass is 349 g/mol. The van der Waals surface area contributed by atoms with Gasteiger partial charge in [0.05, 0.1) is 16.1 Å². The van der Waals surface area contributed by atoms with Crippen LogP contribution in [-0.2, 0) is 6.42 Å². The molecule has 1 aliphatic heterocycles. The van der Waals surface area contributed by atoms with E-state index in [2.05, 4.69) is 4.98 Å². The summed E-state index contributed by atoms with van der Waals surface area (Å²) in [5.74, 6) is -0.504. The molecule has 0 saturated heterocycles. The van der Waals surface area contributed by atoms with Crippen LogP contribution in [0.15, 0.2) is 48.5 Å². The fourth-order valence-corrected chi connectivity index (χ4v) is 3.30. The Labute approximate surface area is 148 Å². The van der Waals surface area contributed by atoms with Gasteiger partial charge in [0.1, 0.15) is 0 Å². The number of fused-ring (bicyclic) bond motifs is 2. The van der Waals surface area contributed by atoms with E-state index in [0.717, 1.165) is 16.6 Å². The van der Waals surface area contributed by atoms with Crippen LogP contribution in [-0.4, -0.2) is 33.2 Å². The third-order valence-corrected chi connectivity index (χ3v) is 4.58. The summed E-state index contributed by atoms with van der Waals surface area (Å²) in [6, 6.07) is 13.4. The van der Waals surface area contributed by atoms with Crippen LogP contribution in [0.3, 0.4) is 0 Å². The molecular formula is C19H15N3O4. The molecule has 130 valence electrons. The number of amides is 2. The molecule has 26 heavy (non-hydrogen) atoms. The van der Waals surface area contributed by atoms with Gasteiger partial charge in [0.25, 0.3) is 17.5 Å². The van der Waals surface area contributed by atoms with Crippen molar-refractivity contribution in [2.24, 2.45) is 0 Å². The van der Waals surface area contributed by atoms with E-state index in [1.165, 1.54) is 17.0 Å². The van der Waals surface area contributed by atoms with Gasteiger partial charge in [-0.2, -0.15) is 0 Å². The minimum Gasteiger partial charge on any atom is -0.358 e. The molecule has 4 rings (SSSR count). The third-order valence-electron chi connectivity index (χ3n) is 4.58. The lowest BCUT2D eigenvalue weighted by molar-refractivity contribution is -0.384. The largest absolute Gasteiger partial charge is 0.358 e. The summed E-state index contributed by atoms with van der Waals surface area (Å²) < 4.78 is 0. The summed E-state index contributed by atoms with van der Waals surface area (Å²) in [5.41, 5.74) is 2.70. The lowest BCUT2D eigenvalue weighted by atomic mass is 10.1. The number of carbonyl (C=O) groups excluding carboxylic acids is 2. The Morgan fingerprint density at radius 1 is 1.00 bits per heavy atom. The molecule has 1 N–H and O–H groups in total. The van der Waals surface area contributed by atoms with E-state index in [1.54, 1.807) is 30.3 Å². The van der Waals surface area contributed by atoms with E-state index in [0.29, 0.717) is 30.5 Å². The maximum Gasteiger partial charge on any atom is 0.270 e. The molecule has 2 amide bonds. The highest BCUT2D eigenvalue weighted by molar-refractivity contribution is 6.21. The van der Waals surface area contributed by atoms with Gasteiger partial charge in [-0.3, -0.25) is 24.6 Å². The number of non-ortho nitro benzene ring substituents is 1. The number of aromatic amines is 1. The first-order chi connectivity index (χ1) is 12.5. The molecule has 2 aromatic carbocycles. The van der Waals surface area contributed by atoms with E-state index in [9.17, 15) is 19.7 Å². The van der Waals surface area contributed by atoms with Crippen molar-refractivity contribution in [3.63, 3.8) is 0 Å². The number of aryl methyl sites for hydroxylation is 1. The van der Waals surface area contributed by atoms with Crippen molar-refractivity contribution >= 4 is 28.4 Å². The predicted octanol–water partition coefficient (Wildman–Crippen LogP) is 3.30. The normalized spacial score (nSPS) is 13.5. The maximum atomic E-state index is 12.3. The summed E-state index contributed by atoms with van der Waals surface area (Å²) in [6.07, 6.45) is 1.25. The van der Waals surface area contributed by atoms with Crippen LogP contribution in [0, 0.1) is 10.1 Å². The number of nitro benzene ring substituents is 1. The number of benzene rings is 2.